The zero-order valence-electron chi connectivity index (χ0n) is 17.3. The Morgan fingerprint density at radius 3 is 2.68 bits per heavy atom. The van der Waals surface area contributed by atoms with Crippen LogP contribution < -0.4 is 5.32 Å². The van der Waals surface area contributed by atoms with Gasteiger partial charge < -0.3 is 24.6 Å². The third-order valence-electron chi connectivity index (χ3n) is 5.23. The van der Waals surface area contributed by atoms with Gasteiger partial charge in [-0.2, -0.15) is 0 Å². The largest absolute Gasteiger partial charge is 0.444 e. The van der Waals surface area contributed by atoms with Crippen molar-refractivity contribution in [2.75, 3.05) is 26.2 Å². The molecule has 0 radical (unpaired) electrons. The van der Waals surface area contributed by atoms with E-state index in [9.17, 15) is 4.79 Å². The number of nitrogens with zero attached hydrogens (tertiary/aromatic N) is 2. The smallest absolute Gasteiger partial charge is 0.410 e. The Kier molecular flexibility index (Phi) is 6.62. The molecule has 1 aliphatic heterocycles. The summed E-state index contributed by atoms with van der Waals surface area (Å²) in [5, 5.41) is 13.5. The highest BCUT2D eigenvalue weighted by atomic mass is 16.6. The Balaban J connectivity index is 1.59. The highest BCUT2D eigenvalue weighted by molar-refractivity contribution is 5.83. The summed E-state index contributed by atoms with van der Waals surface area (Å²) < 4.78 is 7.82. The topological polar surface area (TPSA) is 66.7 Å². The molecule has 2 heterocycles. The molecule has 1 fully saturated rings. The Hall–Kier alpha value is -2.05. The van der Waals surface area contributed by atoms with Gasteiger partial charge in [-0.3, -0.25) is 0 Å². The molecule has 0 bridgehead atoms. The summed E-state index contributed by atoms with van der Waals surface area (Å²) in [7, 11) is 0. The fourth-order valence-electron chi connectivity index (χ4n) is 3.81. The fourth-order valence-corrected chi connectivity index (χ4v) is 3.81. The van der Waals surface area contributed by atoms with Gasteiger partial charge in [0.15, 0.2) is 0 Å². The minimum absolute atomic E-state index is 0.152. The van der Waals surface area contributed by atoms with E-state index in [0.29, 0.717) is 12.5 Å². The number of nitrogens with one attached hydrogen (secondary N) is 1. The molecule has 0 unspecified atom stereocenters. The quantitative estimate of drug-likeness (QED) is 0.746. The van der Waals surface area contributed by atoms with Crippen LogP contribution in [0.1, 0.15) is 39.2 Å². The number of piperidine rings is 1. The summed E-state index contributed by atoms with van der Waals surface area (Å²) >= 11 is 0. The molecule has 0 spiro atoms. The van der Waals surface area contributed by atoms with Crippen molar-refractivity contribution >= 4 is 17.0 Å². The number of ether oxygens (including phenoxy) is 1. The SMILES string of the molecule is CC(C)(C)OC(=O)N1CCC(Cn2ccc3c(CNCCO)cccc32)CC1. The second-order valence-corrected chi connectivity index (χ2v) is 8.63. The molecule has 1 saturated heterocycles. The maximum absolute atomic E-state index is 12.2. The lowest BCUT2D eigenvalue weighted by molar-refractivity contribution is 0.0178. The molecule has 154 valence electrons. The molecule has 1 aromatic heterocycles. The number of fused-ring (bicyclic) bond motifs is 1. The van der Waals surface area contributed by atoms with E-state index in [4.69, 9.17) is 9.84 Å². The molecule has 0 atom stereocenters. The number of benzene rings is 1. The molecule has 6 nitrogen and oxygen atoms in total. The van der Waals surface area contributed by atoms with E-state index >= 15 is 0 Å². The van der Waals surface area contributed by atoms with Gasteiger partial charge in [-0.1, -0.05) is 12.1 Å². The van der Waals surface area contributed by atoms with Crippen LogP contribution in [-0.4, -0.2) is 52.5 Å². The Morgan fingerprint density at radius 1 is 1.25 bits per heavy atom. The normalized spacial score (nSPS) is 15.9. The molecule has 1 amide bonds. The molecule has 2 N–H and O–H groups in total. The van der Waals surface area contributed by atoms with Gasteiger partial charge in [-0.25, -0.2) is 4.79 Å². The Bertz CT molecular complexity index is 786. The van der Waals surface area contributed by atoms with Crippen LogP contribution in [0.2, 0.25) is 0 Å². The standard InChI is InChI=1S/C22H33N3O3/c1-22(2,3)28-21(27)24-11-7-17(8-12-24)16-25-13-9-19-18(15-23-10-14-26)5-4-6-20(19)25/h4-6,9,13,17,23,26H,7-8,10-12,14-16H2,1-3H3. The summed E-state index contributed by atoms with van der Waals surface area (Å²) in [5.74, 6) is 0.561. The molecular formula is C22H33N3O3. The Morgan fingerprint density at radius 2 is 2.00 bits per heavy atom. The fraction of sp³-hybridized carbons (Fsp3) is 0.591. The lowest BCUT2D eigenvalue weighted by atomic mass is 9.97. The van der Waals surface area contributed by atoms with Gasteiger partial charge in [-0.15, -0.1) is 0 Å². The number of aromatic nitrogens is 1. The molecule has 1 aliphatic rings. The van der Waals surface area contributed by atoms with E-state index in [-0.39, 0.29) is 12.7 Å². The van der Waals surface area contributed by atoms with Crippen LogP contribution in [0.15, 0.2) is 30.5 Å². The van der Waals surface area contributed by atoms with E-state index < -0.39 is 5.60 Å². The van der Waals surface area contributed by atoms with Crippen molar-refractivity contribution in [3.8, 4) is 0 Å². The van der Waals surface area contributed by atoms with E-state index in [1.165, 1.54) is 16.5 Å². The first-order valence-electron chi connectivity index (χ1n) is 10.2. The predicted octanol–water partition coefficient (Wildman–Crippen LogP) is 3.37. The van der Waals surface area contributed by atoms with Crippen molar-refractivity contribution in [1.29, 1.82) is 0 Å². The van der Waals surface area contributed by atoms with E-state index in [1.807, 2.05) is 25.7 Å². The number of amides is 1. The van der Waals surface area contributed by atoms with Gasteiger partial charge in [0.25, 0.3) is 0 Å². The first-order valence-corrected chi connectivity index (χ1v) is 10.2. The van der Waals surface area contributed by atoms with Crippen LogP contribution in [0.4, 0.5) is 4.79 Å². The summed E-state index contributed by atoms with van der Waals surface area (Å²) in [6, 6.07) is 8.58. The number of hydrogen-bond donors (Lipinski definition) is 2. The first-order chi connectivity index (χ1) is 13.4. The van der Waals surface area contributed by atoms with Crippen LogP contribution in [0.5, 0.6) is 0 Å². The summed E-state index contributed by atoms with van der Waals surface area (Å²) in [6.45, 7) is 9.72. The molecule has 3 rings (SSSR count). The molecule has 28 heavy (non-hydrogen) atoms. The zero-order chi connectivity index (χ0) is 20.1. The molecule has 2 aromatic rings. The molecular weight excluding hydrogens is 354 g/mol. The number of aliphatic hydroxyl groups excluding tert-OH is 1. The number of hydrogen-bond acceptors (Lipinski definition) is 4. The second kappa shape index (κ2) is 8.97. The highest BCUT2D eigenvalue weighted by Crippen LogP contribution is 2.25. The zero-order valence-corrected chi connectivity index (χ0v) is 17.3. The predicted molar refractivity (Wildman–Crippen MR) is 111 cm³/mol. The second-order valence-electron chi connectivity index (χ2n) is 8.63. The van der Waals surface area contributed by atoms with Crippen molar-refractivity contribution in [2.45, 2.75) is 52.3 Å². The van der Waals surface area contributed by atoms with Crippen LogP contribution in [0.3, 0.4) is 0 Å². The Labute approximate surface area is 167 Å². The summed E-state index contributed by atoms with van der Waals surface area (Å²) in [4.78, 5) is 14.1. The van der Waals surface area contributed by atoms with E-state index in [2.05, 4.69) is 40.3 Å². The lowest BCUT2D eigenvalue weighted by Gasteiger charge is -2.33. The van der Waals surface area contributed by atoms with E-state index in [1.54, 1.807) is 0 Å². The highest BCUT2D eigenvalue weighted by Gasteiger charge is 2.27. The average molecular weight is 388 g/mol. The van der Waals surface area contributed by atoms with Crippen molar-refractivity contribution in [3.63, 3.8) is 0 Å². The number of likely N-dealkylation sites (tertiary alicyclic amines) is 1. The lowest BCUT2D eigenvalue weighted by Crippen LogP contribution is -2.42. The van der Waals surface area contributed by atoms with Crippen LogP contribution in [-0.2, 0) is 17.8 Å². The van der Waals surface area contributed by atoms with Gasteiger partial charge >= 0.3 is 6.09 Å². The number of rotatable bonds is 6. The monoisotopic (exact) mass is 387 g/mol. The minimum Gasteiger partial charge on any atom is -0.444 e. The van der Waals surface area contributed by atoms with Gasteiger partial charge in [0.1, 0.15) is 5.60 Å². The van der Waals surface area contributed by atoms with Crippen LogP contribution in [0, 0.1) is 5.92 Å². The number of carbonyl (C=O) groups excluding carboxylic acids is 1. The molecule has 0 saturated carbocycles. The number of aliphatic hydroxyl groups is 1. The maximum atomic E-state index is 12.2. The van der Waals surface area contributed by atoms with Gasteiger partial charge in [0.05, 0.1) is 6.61 Å². The van der Waals surface area contributed by atoms with Gasteiger partial charge in [-0.05, 0) is 57.2 Å². The van der Waals surface area contributed by atoms with Gasteiger partial charge in [0.2, 0.25) is 0 Å². The van der Waals surface area contributed by atoms with Crippen LogP contribution >= 0.6 is 0 Å². The molecule has 0 aliphatic carbocycles. The van der Waals surface area contributed by atoms with Crippen molar-refractivity contribution in [1.82, 2.24) is 14.8 Å². The van der Waals surface area contributed by atoms with Gasteiger partial charge in [0, 0.05) is 49.8 Å². The van der Waals surface area contributed by atoms with Crippen molar-refractivity contribution in [2.24, 2.45) is 5.92 Å². The molecule has 1 aromatic carbocycles. The maximum Gasteiger partial charge on any atom is 0.410 e. The summed E-state index contributed by atoms with van der Waals surface area (Å²) in [5.41, 5.74) is 2.06. The van der Waals surface area contributed by atoms with Crippen LogP contribution in [0.25, 0.3) is 10.9 Å². The minimum atomic E-state index is -0.443. The van der Waals surface area contributed by atoms with E-state index in [0.717, 1.165) is 39.0 Å². The average Bonchev–Trinajstić information content (AvgIpc) is 3.05. The first kappa shape index (κ1) is 20.7. The molecule has 6 heteroatoms. The number of carbonyl (C=O) groups is 1. The van der Waals surface area contributed by atoms with Crippen molar-refractivity contribution in [3.05, 3.63) is 36.0 Å². The third-order valence-corrected chi connectivity index (χ3v) is 5.23. The summed E-state index contributed by atoms with van der Waals surface area (Å²) in [6.07, 6.45) is 3.96. The van der Waals surface area contributed by atoms with Crippen molar-refractivity contribution < 1.29 is 14.6 Å². The third kappa shape index (κ3) is 5.26.